The van der Waals surface area contributed by atoms with Crippen molar-refractivity contribution in [3.8, 4) is 44.5 Å². The normalized spacial score (nSPS) is 12.2. The second-order valence-corrected chi connectivity index (χ2v) is 20.6. The van der Waals surface area contributed by atoms with Gasteiger partial charge in [-0.3, -0.25) is 0 Å². The lowest BCUT2D eigenvalue weighted by atomic mass is 9.75. The van der Waals surface area contributed by atoms with Gasteiger partial charge >= 0.3 is 0 Å². The number of hydrogen-bond donors (Lipinski definition) is 2. The average Bonchev–Trinajstić information content (AvgIpc) is 3.37. The van der Waals surface area contributed by atoms with E-state index in [2.05, 4.69) is 274 Å². The van der Waals surface area contributed by atoms with Crippen molar-refractivity contribution in [2.24, 2.45) is 0 Å². The standard InChI is InChI=1S/C66H64N2/c1-63(2,49-21-13-9-14-22-49)53-37-29-45(30-38-53)57-58(46-31-39-54(40-32-46)64(3,4)50-23-15-10-16-24-50)61(67)60(48-35-43-56(44-36-48)66(7,8)52-27-19-12-20-28-52)62(68)59(57)47-33-41-55(42-34-47)65(5,6)51-25-17-11-18-26-51/h9-44H,67-68H2,1-8H3. The van der Waals surface area contributed by atoms with Crippen molar-refractivity contribution in [3.05, 3.63) is 263 Å². The molecule has 0 saturated carbocycles. The Morgan fingerprint density at radius 1 is 0.206 bits per heavy atom. The van der Waals surface area contributed by atoms with Crippen molar-refractivity contribution in [3.63, 3.8) is 0 Å². The van der Waals surface area contributed by atoms with E-state index in [9.17, 15) is 0 Å². The van der Waals surface area contributed by atoms with E-state index in [1.54, 1.807) is 0 Å². The van der Waals surface area contributed by atoms with E-state index in [-0.39, 0.29) is 21.7 Å². The van der Waals surface area contributed by atoms with Crippen LogP contribution in [0.1, 0.15) is 99.9 Å². The molecule has 0 atom stereocenters. The molecule has 9 aromatic rings. The molecule has 0 spiro atoms. The van der Waals surface area contributed by atoms with Crippen LogP contribution in [0.5, 0.6) is 0 Å². The number of nitrogens with two attached hydrogens (primary N) is 2. The van der Waals surface area contributed by atoms with E-state index < -0.39 is 0 Å². The lowest BCUT2D eigenvalue weighted by molar-refractivity contribution is 0.641. The Morgan fingerprint density at radius 3 is 0.603 bits per heavy atom. The molecular weight excluding hydrogens is 821 g/mol. The summed E-state index contributed by atoms with van der Waals surface area (Å²) in [5.41, 5.74) is 33.7. The number of hydrogen-bond acceptors (Lipinski definition) is 2. The molecule has 0 bridgehead atoms. The van der Waals surface area contributed by atoms with Gasteiger partial charge in [0.25, 0.3) is 0 Å². The van der Waals surface area contributed by atoms with Gasteiger partial charge in [-0.1, -0.05) is 274 Å². The van der Waals surface area contributed by atoms with Gasteiger partial charge in [0.2, 0.25) is 0 Å². The van der Waals surface area contributed by atoms with Gasteiger partial charge in [0.05, 0.1) is 11.4 Å². The van der Waals surface area contributed by atoms with E-state index in [0.29, 0.717) is 11.4 Å². The second kappa shape index (κ2) is 18.0. The molecule has 9 rings (SSSR count). The van der Waals surface area contributed by atoms with Crippen molar-refractivity contribution in [2.75, 3.05) is 11.5 Å². The Bertz CT molecular complexity index is 3020. The SMILES string of the molecule is CC(C)(c1ccccc1)c1ccc(-c2c(N)c(-c3ccc(C(C)(C)c4ccccc4)cc3)c(-c3ccc(C(C)(C)c4ccccc4)cc3)c(-c3ccc(C(C)(C)c4ccccc4)cc3)c2N)cc1. The third kappa shape index (κ3) is 8.34. The van der Waals surface area contributed by atoms with E-state index in [0.717, 1.165) is 44.5 Å². The Balaban J connectivity index is 1.28. The molecule has 0 aliphatic carbocycles. The predicted octanol–water partition coefficient (Wildman–Crippen LogP) is 16.8. The Kier molecular flexibility index (Phi) is 12.1. The first-order valence-electron chi connectivity index (χ1n) is 24.0. The van der Waals surface area contributed by atoms with Crippen LogP contribution in [-0.2, 0) is 21.7 Å². The van der Waals surface area contributed by atoms with Gasteiger partial charge < -0.3 is 11.5 Å². The third-order valence-electron chi connectivity index (χ3n) is 15.1. The Hall–Kier alpha value is -7.42. The molecule has 4 N–H and O–H groups in total. The summed E-state index contributed by atoms with van der Waals surface area (Å²) < 4.78 is 0. The first-order valence-corrected chi connectivity index (χ1v) is 24.0. The topological polar surface area (TPSA) is 52.0 Å². The molecule has 2 heteroatoms. The second-order valence-electron chi connectivity index (χ2n) is 20.6. The highest BCUT2D eigenvalue weighted by Gasteiger charge is 2.30. The van der Waals surface area contributed by atoms with Crippen LogP contribution in [0.3, 0.4) is 0 Å². The van der Waals surface area contributed by atoms with Crippen molar-refractivity contribution in [2.45, 2.75) is 77.0 Å². The van der Waals surface area contributed by atoms with Crippen LogP contribution in [0.4, 0.5) is 11.4 Å². The molecular formula is C66H64N2. The number of benzene rings is 9. The van der Waals surface area contributed by atoms with Gasteiger partial charge in [-0.2, -0.15) is 0 Å². The molecule has 9 aromatic carbocycles. The monoisotopic (exact) mass is 885 g/mol. The molecule has 0 radical (unpaired) electrons. The summed E-state index contributed by atoms with van der Waals surface area (Å²) in [4.78, 5) is 0. The summed E-state index contributed by atoms with van der Waals surface area (Å²) >= 11 is 0. The lowest BCUT2D eigenvalue weighted by Gasteiger charge is -2.29. The van der Waals surface area contributed by atoms with Gasteiger partial charge in [0.1, 0.15) is 0 Å². The first kappa shape index (κ1) is 45.7. The zero-order chi connectivity index (χ0) is 47.8. The van der Waals surface area contributed by atoms with Crippen molar-refractivity contribution < 1.29 is 0 Å². The van der Waals surface area contributed by atoms with Crippen LogP contribution in [0.15, 0.2) is 218 Å². The maximum Gasteiger partial charge on any atom is 0.0501 e. The third-order valence-corrected chi connectivity index (χ3v) is 15.1. The minimum Gasteiger partial charge on any atom is -0.398 e. The maximum atomic E-state index is 7.70. The molecule has 2 nitrogen and oxygen atoms in total. The Labute approximate surface area is 405 Å². The van der Waals surface area contributed by atoms with Crippen LogP contribution in [-0.4, -0.2) is 0 Å². The smallest absolute Gasteiger partial charge is 0.0501 e. The molecule has 0 aromatic heterocycles. The summed E-state index contributed by atoms with van der Waals surface area (Å²) in [6, 6.07) is 79.0. The highest BCUT2D eigenvalue weighted by Crippen LogP contribution is 2.53. The molecule has 0 unspecified atom stereocenters. The fraction of sp³-hybridized carbons (Fsp3) is 0.182. The molecule has 0 aliphatic rings. The van der Waals surface area contributed by atoms with Crippen LogP contribution in [0, 0.1) is 0 Å². The number of anilines is 2. The highest BCUT2D eigenvalue weighted by molar-refractivity contribution is 6.11. The molecule has 0 fully saturated rings. The Morgan fingerprint density at radius 2 is 0.382 bits per heavy atom. The summed E-state index contributed by atoms with van der Waals surface area (Å²) in [6.07, 6.45) is 0. The summed E-state index contributed by atoms with van der Waals surface area (Å²) in [7, 11) is 0. The van der Waals surface area contributed by atoms with Gasteiger partial charge in [0, 0.05) is 43.9 Å². The van der Waals surface area contributed by atoms with Crippen molar-refractivity contribution >= 4 is 11.4 Å². The molecule has 0 heterocycles. The van der Waals surface area contributed by atoms with Crippen LogP contribution in [0.2, 0.25) is 0 Å². The van der Waals surface area contributed by atoms with E-state index in [1.165, 1.54) is 44.5 Å². The van der Waals surface area contributed by atoms with Gasteiger partial charge in [0.15, 0.2) is 0 Å². The van der Waals surface area contributed by atoms with Crippen molar-refractivity contribution in [1.82, 2.24) is 0 Å². The van der Waals surface area contributed by atoms with Crippen molar-refractivity contribution in [1.29, 1.82) is 0 Å². The minimum atomic E-state index is -0.211. The molecule has 0 saturated heterocycles. The molecule has 0 aliphatic heterocycles. The molecule has 338 valence electrons. The first-order chi connectivity index (χ1) is 32.6. The van der Waals surface area contributed by atoms with Crippen LogP contribution < -0.4 is 11.5 Å². The highest BCUT2D eigenvalue weighted by atomic mass is 14.7. The van der Waals surface area contributed by atoms with Crippen LogP contribution >= 0.6 is 0 Å². The fourth-order valence-electron chi connectivity index (χ4n) is 10.3. The predicted molar refractivity (Wildman–Crippen MR) is 291 cm³/mol. The van der Waals surface area contributed by atoms with Gasteiger partial charge in [-0.15, -0.1) is 0 Å². The quantitative estimate of drug-likeness (QED) is 0.120. The fourth-order valence-corrected chi connectivity index (χ4v) is 10.3. The summed E-state index contributed by atoms with van der Waals surface area (Å²) in [5.74, 6) is 0. The minimum absolute atomic E-state index is 0.206. The van der Waals surface area contributed by atoms with Gasteiger partial charge in [-0.25, -0.2) is 0 Å². The summed E-state index contributed by atoms with van der Waals surface area (Å²) in [5, 5.41) is 0. The van der Waals surface area contributed by atoms with E-state index >= 15 is 0 Å². The molecule has 68 heavy (non-hydrogen) atoms. The van der Waals surface area contributed by atoms with Gasteiger partial charge in [-0.05, 0) is 66.8 Å². The van der Waals surface area contributed by atoms with Crippen LogP contribution in [0.25, 0.3) is 44.5 Å². The van der Waals surface area contributed by atoms with E-state index in [4.69, 9.17) is 11.5 Å². The molecule has 0 amide bonds. The number of rotatable bonds is 12. The largest absolute Gasteiger partial charge is 0.398 e. The zero-order valence-electron chi connectivity index (χ0n) is 40.9. The average molecular weight is 885 g/mol. The maximum absolute atomic E-state index is 7.70. The number of nitrogen functional groups attached to an aromatic ring is 2. The zero-order valence-corrected chi connectivity index (χ0v) is 40.9. The lowest BCUT2D eigenvalue weighted by Crippen LogP contribution is -2.19. The van der Waals surface area contributed by atoms with E-state index in [1.807, 2.05) is 0 Å². The summed E-state index contributed by atoms with van der Waals surface area (Å²) in [6.45, 7) is 18.3.